The normalized spacial score (nSPS) is 14.1. The molecule has 0 aliphatic heterocycles. The number of pyridine rings is 1. The van der Waals surface area contributed by atoms with Gasteiger partial charge in [-0.25, -0.2) is 4.98 Å². The van der Waals surface area contributed by atoms with Crippen LogP contribution in [0.2, 0.25) is 10.0 Å². The minimum atomic E-state index is -0.178. The molecule has 2 N–H and O–H groups in total. The summed E-state index contributed by atoms with van der Waals surface area (Å²) in [5.74, 6) is 1.97. The lowest BCUT2D eigenvalue weighted by molar-refractivity contribution is 0.0955. The Bertz CT molecular complexity index is 1170. The van der Waals surface area contributed by atoms with E-state index in [-0.39, 0.29) is 5.91 Å². The predicted molar refractivity (Wildman–Crippen MR) is 107 cm³/mol. The Morgan fingerprint density at radius 1 is 1.25 bits per heavy atom. The van der Waals surface area contributed by atoms with Crippen molar-refractivity contribution in [3.05, 3.63) is 57.7 Å². The van der Waals surface area contributed by atoms with Gasteiger partial charge in [0, 0.05) is 25.1 Å². The lowest BCUT2D eigenvalue weighted by Crippen LogP contribution is -2.26. The molecule has 4 aromatic rings. The first-order chi connectivity index (χ1) is 13.6. The first-order valence-corrected chi connectivity index (χ1v) is 9.81. The van der Waals surface area contributed by atoms with Crippen molar-refractivity contribution >= 4 is 45.8 Å². The van der Waals surface area contributed by atoms with Crippen LogP contribution in [0.25, 0.3) is 16.7 Å². The van der Waals surface area contributed by atoms with Gasteiger partial charge in [0.2, 0.25) is 0 Å². The molecule has 1 aliphatic rings. The van der Waals surface area contributed by atoms with E-state index in [0.29, 0.717) is 40.1 Å². The summed E-state index contributed by atoms with van der Waals surface area (Å²) in [5.41, 5.74) is 2.67. The molecule has 9 heteroatoms. The van der Waals surface area contributed by atoms with Crippen LogP contribution in [0, 0.1) is 0 Å². The molecule has 3 aromatic heterocycles. The van der Waals surface area contributed by atoms with E-state index >= 15 is 0 Å². The molecule has 5 rings (SSSR count). The van der Waals surface area contributed by atoms with E-state index in [1.54, 1.807) is 18.2 Å². The number of fused-ring (bicyclic) bond motifs is 2. The monoisotopic (exact) mass is 414 g/mol. The molecule has 1 saturated carbocycles. The fraction of sp³-hybridized carbons (Fsp3) is 0.263. The summed E-state index contributed by atoms with van der Waals surface area (Å²) in [4.78, 5) is 20.3. The third-order valence-corrected chi connectivity index (χ3v) is 5.59. The average molecular weight is 415 g/mol. The first kappa shape index (κ1) is 17.5. The highest BCUT2D eigenvalue weighted by Crippen LogP contribution is 2.39. The number of hydrogen-bond acceptors (Lipinski definition) is 4. The van der Waals surface area contributed by atoms with Gasteiger partial charge < -0.3 is 10.3 Å². The maximum atomic E-state index is 12.6. The van der Waals surface area contributed by atoms with Crippen molar-refractivity contribution in [1.29, 1.82) is 0 Å². The van der Waals surface area contributed by atoms with Crippen molar-refractivity contribution in [3.8, 4) is 0 Å². The molecular weight excluding hydrogens is 399 g/mol. The van der Waals surface area contributed by atoms with Gasteiger partial charge in [-0.2, -0.15) is 0 Å². The summed E-state index contributed by atoms with van der Waals surface area (Å²) in [6, 6.07) is 7.09. The van der Waals surface area contributed by atoms with Gasteiger partial charge in [-0.15, -0.1) is 10.2 Å². The molecule has 0 radical (unpaired) electrons. The third kappa shape index (κ3) is 3.10. The van der Waals surface area contributed by atoms with Crippen molar-refractivity contribution in [2.45, 2.75) is 25.2 Å². The summed E-state index contributed by atoms with van der Waals surface area (Å²) >= 11 is 12.1. The van der Waals surface area contributed by atoms with Crippen LogP contribution in [0.3, 0.4) is 0 Å². The van der Waals surface area contributed by atoms with E-state index in [9.17, 15) is 4.79 Å². The van der Waals surface area contributed by atoms with Crippen LogP contribution in [0.1, 0.15) is 40.8 Å². The Labute approximate surface area is 170 Å². The van der Waals surface area contributed by atoms with Crippen molar-refractivity contribution in [2.75, 3.05) is 6.54 Å². The van der Waals surface area contributed by atoms with Crippen LogP contribution in [-0.2, 0) is 6.42 Å². The van der Waals surface area contributed by atoms with Gasteiger partial charge >= 0.3 is 0 Å². The Morgan fingerprint density at radius 2 is 2.07 bits per heavy atom. The van der Waals surface area contributed by atoms with Gasteiger partial charge in [-0.3, -0.25) is 9.20 Å². The number of halogens is 2. The molecule has 0 spiro atoms. The van der Waals surface area contributed by atoms with Crippen molar-refractivity contribution in [1.82, 2.24) is 29.9 Å². The molecule has 1 fully saturated rings. The maximum Gasteiger partial charge on any atom is 0.255 e. The second-order valence-corrected chi connectivity index (χ2v) is 7.74. The average Bonchev–Trinajstić information content (AvgIpc) is 3.31. The number of H-pyrrole nitrogens is 1. The quantitative estimate of drug-likeness (QED) is 0.520. The molecule has 7 nitrogen and oxygen atoms in total. The Balaban J connectivity index is 1.29. The topological polar surface area (TPSA) is 88.0 Å². The van der Waals surface area contributed by atoms with Crippen LogP contribution < -0.4 is 5.32 Å². The molecule has 0 saturated heterocycles. The molecule has 1 amide bonds. The predicted octanol–water partition coefficient (Wildman–Crippen LogP) is 3.76. The molecule has 0 unspecified atom stereocenters. The molecule has 1 aromatic carbocycles. The second kappa shape index (κ2) is 6.76. The van der Waals surface area contributed by atoms with Crippen LogP contribution in [0.5, 0.6) is 0 Å². The van der Waals surface area contributed by atoms with Gasteiger partial charge in [0.25, 0.3) is 5.91 Å². The zero-order valence-electron chi connectivity index (χ0n) is 14.7. The summed E-state index contributed by atoms with van der Waals surface area (Å²) < 4.78 is 1.92. The molecular formula is C19H16Cl2N6O. The fourth-order valence-electron chi connectivity index (χ4n) is 3.30. The van der Waals surface area contributed by atoms with E-state index in [4.69, 9.17) is 23.2 Å². The zero-order chi connectivity index (χ0) is 19.3. The van der Waals surface area contributed by atoms with Gasteiger partial charge in [-0.1, -0.05) is 23.2 Å². The number of amides is 1. The van der Waals surface area contributed by atoms with E-state index < -0.39 is 0 Å². The van der Waals surface area contributed by atoms with Crippen LogP contribution in [0.15, 0.2) is 30.5 Å². The van der Waals surface area contributed by atoms with Gasteiger partial charge in [0.15, 0.2) is 5.65 Å². The summed E-state index contributed by atoms with van der Waals surface area (Å²) in [6.45, 7) is 0.435. The number of aromatic amines is 1. The van der Waals surface area contributed by atoms with Gasteiger partial charge in [0.1, 0.15) is 11.6 Å². The highest BCUT2D eigenvalue weighted by atomic mass is 35.5. The lowest BCUT2D eigenvalue weighted by Gasteiger charge is -2.05. The minimum Gasteiger partial charge on any atom is -0.351 e. The van der Waals surface area contributed by atoms with E-state index in [2.05, 4.69) is 25.5 Å². The van der Waals surface area contributed by atoms with Crippen LogP contribution in [0.4, 0.5) is 0 Å². The van der Waals surface area contributed by atoms with Crippen molar-refractivity contribution in [3.63, 3.8) is 0 Å². The molecule has 28 heavy (non-hydrogen) atoms. The lowest BCUT2D eigenvalue weighted by atomic mass is 10.2. The number of carbonyl (C=O) groups is 1. The number of nitrogens with one attached hydrogen (secondary N) is 2. The molecule has 0 bridgehead atoms. The Hall–Kier alpha value is -2.64. The maximum absolute atomic E-state index is 12.6. The molecule has 0 atom stereocenters. The zero-order valence-corrected chi connectivity index (χ0v) is 16.3. The number of benzene rings is 1. The van der Waals surface area contributed by atoms with Crippen LogP contribution >= 0.6 is 23.2 Å². The fourth-order valence-corrected chi connectivity index (χ4v) is 3.62. The number of carbonyl (C=O) groups excluding carboxylic acids is 1. The summed E-state index contributed by atoms with van der Waals surface area (Å²) in [6.07, 6.45) is 4.72. The van der Waals surface area contributed by atoms with Crippen molar-refractivity contribution < 1.29 is 4.79 Å². The van der Waals surface area contributed by atoms with E-state index in [1.807, 2.05) is 16.7 Å². The Morgan fingerprint density at radius 3 is 2.89 bits per heavy atom. The number of imidazole rings is 1. The molecule has 3 heterocycles. The van der Waals surface area contributed by atoms with Gasteiger partial charge in [0.05, 0.1) is 26.6 Å². The highest BCUT2D eigenvalue weighted by Gasteiger charge is 2.29. The van der Waals surface area contributed by atoms with E-state index in [1.165, 1.54) is 0 Å². The third-order valence-electron chi connectivity index (χ3n) is 4.87. The smallest absolute Gasteiger partial charge is 0.255 e. The molecule has 142 valence electrons. The van der Waals surface area contributed by atoms with Crippen LogP contribution in [-0.4, -0.2) is 37.0 Å². The minimum absolute atomic E-state index is 0.178. The van der Waals surface area contributed by atoms with Crippen molar-refractivity contribution in [2.24, 2.45) is 0 Å². The van der Waals surface area contributed by atoms with Gasteiger partial charge in [-0.05, 0) is 37.1 Å². The Kier molecular flexibility index (Phi) is 4.21. The highest BCUT2D eigenvalue weighted by molar-refractivity contribution is 6.42. The number of rotatable bonds is 5. The molecule has 1 aliphatic carbocycles. The number of nitrogens with zero attached hydrogens (tertiary/aromatic N) is 4. The summed E-state index contributed by atoms with van der Waals surface area (Å²) in [7, 11) is 0. The first-order valence-electron chi connectivity index (χ1n) is 9.05. The van der Waals surface area contributed by atoms with E-state index in [0.717, 1.165) is 35.5 Å². The SMILES string of the molecule is O=C(NCCc1nc2cc(Cl)c(Cl)cc2[nH]1)c1cccn2c(C3CC3)nnc12. The number of aromatic nitrogens is 5. The number of hydrogen-bond donors (Lipinski definition) is 2. The largest absolute Gasteiger partial charge is 0.351 e. The standard InChI is InChI=1S/C19H16Cl2N6O/c20-12-8-14-15(9-13(12)21)24-16(23-14)5-6-22-19(28)11-2-1-7-27-17(10-3-4-10)25-26-18(11)27/h1-2,7-10H,3-6H2,(H,22,28)(H,23,24). The summed E-state index contributed by atoms with van der Waals surface area (Å²) in [5, 5.41) is 12.4. The second-order valence-electron chi connectivity index (χ2n) is 6.92.